The van der Waals surface area contributed by atoms with Gasteiger partial charge in [0.15, 0.2) is 11.5 Å². The van der Waals surface area contributed by atoms with E-state index in [1.807, 2.05) is 32.0 Å². The molecule has 0 saturated carbocycles. The fraction of sp³-hybridized carbons (Fsp3) is 0.316. The van der Waals surface area contributed by atoms with Crippen LogP contribution < -0.4 is 14.8 Å². The Kier molecular flexibility index (Phi) is 5.75. The van der Waals surface area contributed by atoms with Crippen molar-refractivity contribution in [2.24, 2.45) is 0 Å². The average Bonchev–Trinajstić information content (AvgIpc) is 3.02. The summed E-state index contributed by atoms with van der Waals surface area (Å²) in [6, 6.07) is 11.1. The van der Waals surface area contributed by atoms with Gasteiger partial charge in [-0.15, -0.1) is 0 Å². The second-order valence-electron chi connectivity index (χ2n) is 5.79. The van der Waals surface area contributed by atoms with Crippen LogP contribution in [0.5, 0.6) is 11.5 Å². The van der Waals surface area contributed by atoms with E-state index in [-0.39, 0.29) is 11.6 Å². The van der Waals surface area contributed by atoms with E-state index < -0.39 is 4.92 Å². The molecule has 1 N–H and O–H groups in total. The molecule has 142 valence electrons. The zero-order valence-electron chi connectivity index (χ0n) is 15.3. The highest BCUT2D eigenvalue weighted by atomic mass is 16.6. The van der Waals surface area contributed by atoms with Crippen LogP contribution >= 0.6 is 0 Å². The maximum Gasteiger partial charge on any atom is 0.372 e. The lowest BCUT2D eigenvalue weighted by atomic mass is 10.1. The van der Waals surface area contributed by atoms with E-state index in [2.05, 4.69) is 10.3 Å². The zero-order valence-corrected chi connectivity index (χ0v) is 15.3. The fourth-order valence-electron chi connectivity index (χ4n) is 2.85. The monoisotopic (exact) mass is 370 g/mol. The molecule has 0 atom stereocenters. The number of imidazole rings is 1. The molecule has 0 aliphatic heterocycles. The molecule has 0 fully saturated rings. The lowest BCUT2D eigenvalue weighted by Crippen LogP contribution is -2.08. The number of fused-ring (bicyclic) bond motifs is 1. The van der Waals surface area contributed by atoms with Gasteiger partial charge < -0.3 is 24.9 Å². The maximum absolute atomic E-state index is 11.4. The first-order valence-corrected chi connectivity index (χ1v) is 8.88. The van der Waals surface area contributed by atoms with Gasteiger partial charge in [-0.3, -0.25) is 0 Å². The van der Waals surface area contributed by atoms with Gasteiger partial charge in [0, 0.05) is 12.6 Å². The highest BCUT2D eigenvalue weighted by Gasteiger charge is 2.21. The van der Waals surface area contributed by atoms with Crippen LogP contribution in [-0.4, -0.2) is 34.1 Å². The topological polar surface area (TPSA) is 90.9 Å². The van der Waals surface area contributed by atoms with Crippen LogP contribution in [0.2, 0.25) is 0 Å². The summed E-state index contributed by atoms with van der Waals surface area (Å²) in [5.41, 5.74) is 1.58. The van der Waals surface area contributed by atoms with E-state index in [0.29, 0.717) is 43.3 Å². The molecule has 3 rings (SSSR count). The van der Waals surface area contributed by atoms with Crippen molar-refractivity contribution in [2.45, 2.75) is 20.3 Å². The van der Waals surface area contributed by atoms with Crippen LogP contribution in [0.3, 0.4) is 0 Å². The Bertz CT molecular complexity index is 939. The number of rotatable bonds is 9. The van der Waals surface area contributed by atoms with E-state index in [4.69, 9.17) is 9.47 Å². The summed E-state index contributed by atoms with van der Waals surface area (Å²) < 4.78 is 12.7. The van der Waals surface area contributed by atoms with Crippen molar-refractivity contribution in [3.05, 3.63) is 58.3 Å². The van der Waals surface area contributed by atoms with E-state index in [9.17, 15) is 10.1 Å². The maximum atomic E-state index is 11.4. The first kappa shape index (κ1) is 18.5. The van der Waals surface area contributed by atoms with E-state index in [1.54, 1.807) is 24.4 Å². The number of pyridine rings is 1. The summed E-state index contributed by atoms with van der Waals surface area (Å²) in [5.74, 6) is 1.62. The third-order valence-electron chi connectivity index (χ3n) is 3.99. The lowest BCUT2D eigenvalue weighted by Gasteiger charge is -2.12. The normalized spacial score (nSPS) is 10.7. The van der Waals surface area contributed by atoms with Crippen LogP contribution in [0.1, 0.15) is 19.4 Å². The van der Waals surface area contributed by atoms with Crippen molar-refractivity contribution < 1.29 is 14.4 Å². The van der Waals surface area contributed by atoms with Crippen LogP contribution in [0.15, 0.2) is 42.6 Å². The summed E-state index contributed by atoms with van der Waals surface area (Å²) >= 11 is 0. The molecule has 1 aromatic carbocycles. The number of benzene rings is 1. The summed E-state index contributed by atoms with van der Waals surface area (Å²) in [6.45, 7) is 5.47. The third-order valence-corrected chi connectivity index (χ3v) is 3.99. The predicted molar refractivity (Wildman–Crippen MR) is 103 cm³/mol. The summed E-state index contributed by atoms with van der Waals surface area (Å²) in [4.78, 5) is 15.3. The van der Waals surface area contributed by atoms with Crippen LogP contribution in [0, 0.1) is 10.1 Å². The molecule has 0 aliphatic carbocycles. The molecule has 0 aliphatic rings. The second kappa shape index (κ2) is 8.39. The largest absolute Gasteiger partial charge is 0.490 e. The Balaban J connectivity index is 1.73. The number of hydrogen-bond donors (Lipinski definition) is 1. The first-order valence-electron chi connectivity index (χ1n) is 8.88. The Morgan fingerprint density at radius 1 is 1.15 bits per heavy atom. The molecular weight excluding hydrogens is 348 g/mol. The Morgan fingerprint density at radius 3 is 2.67 bits per heavy atom. The van der Waals surface area contributed by atoms with Crippen molar-refractivity contribution in [1.29, 1.82) is 0 Å². The molecular formula is C19H22N4O4. The Labute approximate surface area is 156 Å². The number of nitro groups is 1. The van der Waals surface area contributed by atoms with Crippen molar-refractivity contribution in [3.8, 4) is 11.5 Å². The molecule has 0 saturated heterocycles. The van der Waals surface area contributed by atoms with Crippen LogP contribution in [0.25, 0.3) is 5.65 Å². The number of ether oxygens (including phenoxy) is 2. The van der Waals surface area contributed by atoms with Gasteiger partial charge in [-0.05, 0) is 49.0 Å². The van der Waals surface area contributed by atoms with Crippen LogP contribution in [-0.2, 0) is 6.42 Å². The number of nitrogens with zero attached hydrogens (tertiary/aromatic N) is 3. The van der Waals surface area contributed by atoms with Crippen molar-refractivity contribution in [3.63, 3.8) is 0 Å². The molecule has 8 heteroatoms. The number of anilines is 1. The molecule has 3 aromatic rings. The minimum absolute atomic E-state index is 0.0627. The summed E-state index contributed by atoms with van der Waals surface area (Å²) in [7, 11) is 0. The number of hydrogen-bond acceptors (Lipinski definition) is 6. The van der Waals surface area contributed by atoms with Gasteiger partial charge in [0.25, 0.3) is 0 Å². The lowest BCUT2D eigenvalue weighted by molar-refractivity contribution is -0.389. The Hall–Kier alpha value is -3.29. The van der Waals surface area contributed by atoms with E-state index >= 15 is 0 Å². The number of nitrogens with one attached hydrogen (secondary N) is 1. The highest BCUT2D eigenvalue weighted by Crippen LogP contribution is 2.29. The minimum Gasteiger partial charge on any atom is -0.490 e. The van der Waals surface area contributed by atoms with E-state index in [1.165, 1.54) is 4.40 Å². The van der Waals surface area contributed by atoms with Gasteiger partial charge in [0.2, 0.25) is 11.5 Å². The minimum atomic E-state index is -0.424. The smallest absolute Gasteiger partial charge is 0.372 e. The van der Waals surface area contributed by atoms with Gasteiger partial charge in [0.1, 0.15) is 0 Å². The first-order chi connectivity index (χ1) is 13.1. The van der Waals surface area contributed by atoms with Crippen molar-refractivity contribution in [1.82, 2.24) is 9.38 Å². The average molecular weight is 370 g/mol. The standard InChI is InChI=1S/C19H22N4O4/c1-3-26-15-9-8-14(13-16(15)27-4-2)10-11-20-18-19(23(24)25)22-12-6-5-7-17(22)21-18/h5-9,12-13,20H,3-4,10-11H2,1-2H3. The second-order valence-corrected chi connectivity index (χ2v) is 5.79. The van der Waals surface area contributed by atoms with Gasteiger partial charge in [-0.2, -0.15) is 9.38 Å². The summed E-state index contributed by atoms with van der Waals surface area (Å²) in [5, 5.41) is 14.5. The SMILES string of the molecule is CCOc1ccc(CCNc2nc3ccccn3c2[N+](=O)[O-])cc1OCC. The van der Waals surface area contributed by atoms with E-state index in [0.717, 1.165) is 5.56 Å². The van der Waals surface area contributed by atoms with Gasteiger partial charge in [0.05, 0.1) is 19.4 Å². The molecule has 8 nitrogen and oxygen atoms in total. The molecule has 0 amide bonds. The molecule has 0 radical (unpaired) electrons. The molecule has 27 heavy (non-hydrogen) atoms. The molecule has 0 spiro atoms. The molecule has 2 heterocycles. The molecule has 0 unspecified atom stereocenters. The van der Waals surface area contributed by atoms with Gasteiger partial charge in [-0.1, -0.05) is 12.1 Å². The highest BCUT2D eigenvalue weighted by molar-refractivity contribution is 5.62. The van der Waals surface area contributed by atoms with Crippen molar-refractivity contribution >= 4 is 17.3 Å². The predicted octanol–water partition coefficient (Wildman–Crippen LogP) is 3.69. The zero-order chi connectivity index (χ0) is 19.2. The van der Waals surface area contributed by atoms with Gasteiger partial charge in [-0.25, -0.2) is 0 Å². The third kappa shape index (κ3) is 4.11. The fourth-order valence-corrected chi connectivity index (χ4v) is 2.85. The summed E-state index contributed by atoms with van der Waals surface area (Å²) in [6.07, 6.45) is 2.30. The molecule has 2 aromatic heterocycles. The van der Waals surface area contributed by atoms with Crippen LogP contribution in [0.4, 0.5) is 11.6 Å². The number of aromatic nitrogens is 2. The van der Waals surface area contributed by atoms with Gasteiger partial charge >= 0.3 is 5.82 Å². The molecule has 0 bridgehead atoms. The quantitative estimate of drug-likeness (QED) is 0.456. The Morgan fingerprint density at radius 2 is 1.93 bits per heavy atom. The van der Waals surface area contributed by atoms with Crippen molar-refractivity contribution in [2.75, 3.05) is 25.1 Å².